The van der Waals surface area contributed by atoms with Crippen LogP contribution >= 0.6 is 11.3 Å². The predicted octanol–water partition coefficient (Wildman–Crippen LogP) is 0.664. The van der Waals surface area contributed by atoms with Gasteiger partial charge in [-0.25, -0.2) is 4.98 Å². The van der Waals surface area contributed by atoms with Gasteiger partial charge in [-0.1, -0.05) is 0 Å². The topological polar surface area (TPSA) is 88.2 Å². The van der Waals surface area contributed by atoms with Crippen LogP contribution < -0.4 is 11.1 Å². The molecule has 2 unspecified atom stereocenters. The van der Waals surface area contributed by atoms with Crippen molar-refractivity contribution in [3.8, 4) is 0 Å². The second-order valence-corrected chi connectivity index (χ2v) is 4.64. The molecule has 16 heavy (non-hydrogen) atoms. The summed E-state index contributed by atoms with van der Waals surface area (Å²) in [7, 11) is 0. The van der Waals surface area contributed by atoms with Crippen molar-refractivity contribution in [2.45, 2.75) is 32.4 Å². The first-order valence-electron chi connectivity index (χ1n) is 5.17. The van der Waals surface area contributed by atoms with Gasteiger partial charge in [-0.2, -0.15) is 0 Å². The van der Waals surface area contributed by atoms with Gasteiger partial charge in [0.25, 0.3) is 5.91 Å². The summed E-state index contributed by atoms with van der Waals surface area (Å²) >= 11 is 1.38. The summed E-state index contributed by atoms with van der Waals surface area (Å²) in [5.74, 6) is -0.218. The van der Waals surface area contributed by atoms with Gasteiger partial charge in [-0.05, 0) is 20.3 Å². The molecular formula is C10H17N3O2S. The molecular weight excluding hydrogens is 226 g/mol. The molecule has 1 aromatic heterocycles. The Balaban J connectivity index is 2.59. The van der Waals surface area contributed by atoms with Gasteiger partial charge >= 0.3 is 0 Å². The number of hydrogen-bond donors (Lipinski definition) is 3. The van der Waals surface area contributed by atoms with Gasteiger partial charge in [0, 0.05) is 18.0 Å². The summed E-state index contributed by atoms with van der Waals surface area (Å²) in [4.78, 5) is 15.8. The Kier molecular flexibility index (Phi) is 4.85. The summed E-state index contributed by atoms with van der Waals surface area (Å²) in [5.41, 5.74) is 6.05. The molecule has 2 atom stereocenters. The minimum absolute atomic E-state index is 0.0575. The Hall–Kier alpha value is -0.980. The van der Waals surface area contributed by atoms with Crippen LogP contribution in [0, 0.1) is 0 Å². The van der Waals surface area contributed by atoms with Crippen molar-refractivity contribution < 1.29 is 9.90 Å². The molecule has 0 aliphatic heterocycles. The van der Waals surface area contributed by atoms with E-state index in [-0.39, 0.29) is 24.6 Å². The molecule has 0 saturated heterocycles. The van der Waals surface area contributed by atoms with Crippen LogP contribution in [-0.2, 0) is 0 Å². The molecule has 1 rings (SSSR count). The Morgan fingerprint density at radius 1 is 1.69 bits per heavy atom. The van der Waals surface area contributed by atoms with Gasteiger partial charge in [-0.3, -0.25) is 4.79 Å². The van der Waals surface area contributed by atoms with Crippen LogP contribution in [0.25, 0.3) is 0 Å². The highest BCUT2D eigenvalue weighted by Crippen LogP contribution is 2.15. The molecule has 0 saturated carbocycles. The summed E-state index contributed by atoms with van der Waals surface area (Å²) in [6.07, 6.45) is 0.538. The second kappa shape index (κ2) is 5.93. The number of carbonyl (C=O) groups is 1. The highest BCUT2D eigenvalue weighted by molar-refractivity contribution is 7.09. The van der Waals surface area contributed by atoms with E-state index in [1.807, 2.05) is 13.8 Å². The van der Waals surface area contributed by atoms with E-state index in [4.69, 9.17) is 10.8 Å². The standard InChI is InChI=1S/C10H17N3O2S/c1-6(3-4-14)12-9(15)8-5-16-10(13-8)7(2)11/h5-7,14H,3-4,11H2,1-2H3,(H,12,15). The number of hydrogen-bond acceptors (Lipinski definition) is 5. The number of nitrogens with one attached hydrogen (secondary N) is 1. The number of rotatable bonds is 5. The molecule has 1 heterocycles. The van der Waals surface area contributed by atoms with Crippen molar-refractivity contribution in [1.29, 1.82) is 0 Å². The van der Waals surface area contributed by atoms with Crippen LogP contribution in [0.15, 0.2) is 5.38 Å². The normalized spacial score (nSPS) is 14.5. The first-order valence-corrected chi connectivity index (χ1v) is 6.05. The minimum atomic E-state index is -0.218. The molecule has 0 aliphatic rings. The summed E-state index contributed by atoms with van der Waals surface area (Å²) in [5, 5.41) is 13.9. The van der Waals surface area contributed by atoms with Crippen molar-refractivity contribution >= 4 is 17.2 Å². The van der Waals surface area contributed by atoms with E-state index in [2.05, 4.69) is 10.3 Å². The molecule has 0 spiro atoms. The van der Waals surface area contributed by atoms with Crippen molar-refractivity contribution in [3.63, 3.8) is 0 Å². The average molecular weight is 243 g/mol. The quantitative estimate of drug-likeness (QED) is 0.709. The van der Waals surface area contributed by atoms with Gasteiger partial charge in [0.15, 0.2) is 0 Å². The predicted molar refractivity (Wildman–Crippen MR) is 63.3 cm³/mol. The molecule has 6 heteroatoms. The number of amides is 1. The Labute approximate surface area is 98.7 Å². The summed E-state index contributed by atoms with van der Waals surface area (Å²) in [6, 6.07) is -0.209. The van der Waals surface area contributed by atoms with E-state index in [1.54, 1.807) is 5.38 Å². The first kappa shape index (κ1) is 13.1. The minimum Gasteiger partial charge on any atom is -0.396 e. The van der Waals surface area contributed by atoms with Gasteiger partial charge in [0.05, 0.1) is 6.04 Å². The van der Waals surface area contributed by atoms with Crippen LogP contribution in [0.5, 0.6) is 0 Å². The maximum Gasteiger partial charge on any atom is 0.270 e. The lowest BCUT2D eigenvalue weighted by Crippen LogP contribution is -2.33. The zero-order chi connectivity index (χ0) is 12.1. The summed E-state index contributed by atoms with van der Waals surface area (Å²) < 4.78 is 0. The maximum atomic E-state index is 11.7. The maximum absolute atomic E-state index is 11.7. The molecule has 4 N–H and O–H groups in total. The lowest BCUT2D eigenvalue weighted by atomic mass is 10.2. The molecule has 0 fully saturated rings. The van der Waals surface area contributed by atoms with E-state index in [0.717, 1.165) is 5.01 Å². The van der Waals surface area contributed by atoms with Crippen LogP contribution in [-0.4, -0.2) is 28.6 Å². The fourth-order valence-corrected chi connectivity index (χ4v) is 1.92. The van der Waals surface area contributed by atoms with Crippen LogP contribution in [0.2, 0.25) is 0 Å². The molecule has 0 aliphatic carbocycles. The Morgan fingerprint density at radius 3 is 2.88 bits per heavy atom. The molecule has 0 radical (unpaired) electrons. The van der Waals surface area contributed by atoms with E-state index in [0.29, 0.717) is 12.1 Å². The van der Waals surface area contributed by atoms with Crippen molar-refractivity contribution in [1.82, 2.24) is 10.3 Å². The third-order valence-corrected chi connectivity index (χ3v) is 3.13. The van der Waals surface area contributed by atoms with Gasteiger partial charge in [0.1, 0.15) is 10.7 Å². The number of carbonyl (C=O) groups excluding carboxylic acids is 1. The van der Waals surface area contributed by atoms with Crippen LogP contribution in [0.1, 0.15) is 41.8 Å². The van der Waals surface area contributed by atoms with Crippen LogP contribution in [0.4, 0.5) is 0 Å². The number of aromatic nitrogens is 1. The molecule has 0 bridgehead atoms. The molecule has 1 aromatic rings. The highest BCUT2D eigenvalue weighted by Gasteiger charge is 2.14. The molecule has 0 aromatic carbocycles. The van der Waals surface area contributed by atoms with E-state index < -0.39 is 0 Å². The number of nitrogens with two attached hydrogens (primary N) is 1. The fourth-order valence-electron chi connectivity index (χ4n) is 1.16. The molecule has 5 nitrogen and oxygen atoms in total. The highest BCUT2D eigenvalue weighted by atomic mass is 32.1. The van der Waals surface area contributed by atoms with Gasteiger partial charge in [0.2, 0.25) is 0 Å². The van der Waals surface area contributed by atoms with Crippen molar-refractivity contribution in [2.75, 3.05) is 6.61 Å². The average Bonchev–Trinajstić information content (AvgIpc) is 2.66. The third-order valence-electron chi connectivity index (χ3n) is 2.08. The van der Waals surface area contributed by atoms with Crippen LogP contribution in [0.3, 0.4) is 0 Å². The SMILES string of the molecule is CC(CCO)NC(=O)c1csc(C(C)N)n1. The van der Waals surface area contributed by atoms with Gasteiger partial charge < -0.3 is 16.2 Å². The number of nitrogens with zero attached hydrogens (tertiary/aromatic N) is 1. The zero-order valence-electron chi connectivity index (χ0n) is 9.43. The summed E-state index contributed by atoms with van der Waals surface area (Å²) in [6.45, 7) is 3.73. The van der Waals surface area contributed by atoms with E-state index in [1.165, 1.54) is 11.3 Å². The molecule has 1 amide bonds. The third kappa shape index (κ3) is 3.55. The van der Waals surface area contributed by atoms with Crippen molar-refractivity contribution in [3.05, 3.63) is 16.1 Å². The fraction of sp³-hybridized carbons (Fsp3) is 0.600. The van der Waals surface area contributed by atoms with Gasteiger partial charge in [-0.15, -0.1) is 11.3 Å². The van der Waals surface area contributed by atoms with Crippen molar-refractivity contribution in [2.24, 2.45) is 5.73 Å². The zero-order valence-corrected chi connectivity index (χ0v) is 10.3. The van der Waals surface area contributed by atoms with E-state index >= 15 is 0 Å². The van der Waals surface area contributed by atoms with E-state index in [9.17, 15) is 4.79 Å². The number of thiazole rings is 1. The second-order valence-electron chi connectivity index (χ2n) is 3.75. The first-order chi connectivity index (χ1) is 7.54. The monoisotopic (exact) mass is 243 g/mol. The molecule has 90 valence electrons. The number of aliphatic hydroxyl groups is 1. The number of aliphatic hydroxyl groups excluding tert-OH is 1. The lowest BCUT2D eigenvalue weighted by Gasteiger charge is -2.10. The smallest absolute Gasteiger partial charge is 0.270 e. The Bertz CT molecular complexity index is 352. The lowest BCUT2D eigenvalue weighted by molar-refractivity contribution is 0.0930. The largest absolute Gasteiger partial charge is 0.396 e. The Morgan fingerprint density at radius 2 is 2.38 bits per heavy atom.